The van der Waals surface area contributed by atoms with Gasteiger partial charge >= 0.3 is 0 Å². The Morgan fingerprint density at radius 1 is 1.19 bits per heavy atom. The predicted octanol–water partition coefficient (Wildman–Crippen LogP) is 3.03. The Balaban J connectivity index is 0.000000659. The van der Waals surface area contributed by atoms with Crippen molar-refractivity contribution in [3.05, 3.63) is 53.8 Å². The maximum Gasteiger partial charge on any atom is 0.290 e. The fourth-order valence-corrected chi connectivity index (χ4v) is 3.42. The number of ether oxygens (including phenoxy) is 3. The highest BCUT2D eigenvalue weighted by molar-refractivity contribution is 5.46. The Labute approximate surface area is 156 Å². The lowest BCUT2D eigenvalue weighted by Gasteiger charge is -2.32. The highest BCUT2D eigenvalue weighted by Crippen LogP contribution is 2.36. The van der Waals surface area contributed by atoms with Crippen LogP contribution in [-0.4, -0.2) is 38.1 Å². The maximum absolute atomic E-state index is 13.2. The van der Waals surface area contributed by atoms with Crippen molar-refractivity contribution in [2.24, 2.45) is 5.92 Å². The van der Waals surface area contributed by atoms with Crippen LogP contribution in [0.25, 0.3) is 0 Å². The molecule has 144 valence electrons. The molecule has 2 aromatic rings. The van der Waals surface area contributed by atoms with Gasteiger partial charge in [-0.15, -0.1) is 0 Å². The molecule has 4 rings (SSSR count). The molecule has 2 aromatic carbocycles. The quantitative estimate of drug-likeness (QED) is 0.800. The van der Waals surface area contributed by atoms with Crippen molar-refractivity contribution in [1.82, 2.24) is 5.32 Å². The Kier molecular flexibility index (Phi) is 6.49. The Morgan fingerprint density at radius 2 is 1.93 bits per heavy atom. The zero-order valence-electron chi connectivity index (χ0n) is 14.8. The first-order valence-electron chi connectivity index (χ1n) is 8.77. The number of halogens is 1. The summed E-state index contributed by atoms with van der Waals surface area (Å²) in [6.45, 7) is 2.49. The van der Waals surface area contributed by atoms with Crippen LogP contribution in [0, 0.1) is 11.7 Å². The van der Waals surface area contributed by atoms with E-state index in [0.717, 1.165) is 36.8 Å². The molecule has 2 aliphatic rings. The summed E-state index contributed by atoms with van der Waals surface area (Å²) >= 11 is 0. The number of carbonyl (C=O) groups is 1. The van der Waals surface area contributed by atoms with Gasteiger partial charge in [-0.1, -0.05) is 12.1 Å². The Morgan fingerprint density at radius 3 is 2.70 bits per heavy atom. The lowest BCUT2D eigenvalue weighted by molar-refractivity contribution is -0.122. The van der Waals surface area contributed by atoms with Crippen LogP contribution in [0.15, 0.2) is 42.5 Å². The van der Waals surface area contributed by atoms with E-state index in [1.807, 2.05) is 30.3 Å². The van der Waals surface area contributed by atoms with E-state index in [0.29, 0.717) is 18.4 Å². The standard InChI is InChI=1S/C19H20FNO3.CH2O2/c20-15-3-1-13(2-4-15)17-7-8-21-10-14(17)11-22-16-5-6-18-19(9-16)24-12-23-18;2-1-3/h1-6,9,14,17,21H,7-8,10-12H2;1H,(H,2,3)/t14-,17-;/m0./s1. The van der Waals surface area contributed by atoms with Gasteiger partial charge in [-0.25, -0.2) is 4.39 Å². The van der Waals surface area contributed by atoms with E-state index in [-0.39, 0.29) is 19.1 Å². The van der Waals surface area contributed by atoms with Crippen LogP contribution in [0.5, 0.6) is 17.2 Å². The zero-order chi connectivity index (χ0) is 19.1. The van der Waals surface area contributed by atoms with Crippen molar-refractivity contribution in [3.8, 4) is 17.2 Å². The SMILES string of the molecule is Fc1ccc([C@@H]2CCNC[C@H]2COc2ccc3c(c2)OCO3)cc1.O=CO. The van der Waals surface area contributed by atoms with E-state index in [4.69, 9.17) is 24.1 Å². The van der Waals surface area contributed by atoms with Gasteiger partial charge in [0.1, 0.15) is 11.6 Å². The number of fused-ring (bicyclic) bond motifs is 1. The molecule has 0 radical (unpaired) electrons. The molecule has 7 heteroatoms. The number of hydrogen-bond acceptors (Lipinski definition) is 5. The lowest BCUT2D eigenvalue weighted by Crippen LogP contribution is -2.38. The molecule has 0 saturated carbocycles. The fraction of sp³-hybridized carbons (Fsp3) is 0.350. The van der Waals surface area contributed by atoms with Crippen LogP contribution in [0.2, 0.25) is 0 Å². The normalized spacial score (nSPS) is 20.3. The molecule has 2 heterocycles. The second-order valence-electron chi connectivity index (χ2n) is 6.34. The monoisotopic (exact) mass is 375 g/mol. The van der Waals surface area contributed by atoms with Crippen LogP contribution < -0.4 is 19.5 Å². The third kappa shape index (κ3) is 4.89. The molecule has 1 fully saturated rings. The molecule has 0 unspecified atom stereocenters. The lowest BCUT2D eigenvalue weighted by atomic mass is 9.81. The van der Waals surface area contributed by atoms with Crippen LogP contribution in [0.1, 0.15) is 17.9 Å². The van der Waals surface area contributed by atoms with Crippen LogP contribution in [-0.2, 0) is 4.79 Å². The topological polar surface area (TPSA) is 77.0 Å². The molecule has 2 aliphatic heterocycles. The van der Waals surface area contributed by atoms with Gasteiger partial charge in [0.05, 0.1) is 6.61 Å². The molecule has 0 amide bonds. The predicted molar refractivity (Wildman–Crippen MR) is 96.9 cm³/mol. The summed E-state index contributed by atoms with van der Waals surface area (Å²) in [6.07, 6.45) is 1.03. The first kappa shape index (κ1) is 19.0. The highest BCUT2D eigenvalue weighted by Gasteiger charge is 2.27. The molecule has 2 atom stereocenters. The second kappa shape index (κ2) is 9.23. The first-order chi connectivity index (χ1) is 13.2. The van der Waals surface area contributed by atoms with E-state index in [2.05, 4.69) is 5.32 Å². The molecular formula is C20H22FNO5. The summed E-state index contributed by atoms with van der Waals surface area (Å²) in [6, 6.07) is 12.5. The summed E-state index contributed by atoms with van der Waals surface area (Å²) in [7, 11) is 0. The number of nitrogens with one attached hydrogen (secondary N) is 1. The van der Waals surface area contributed by atoms with Gasteiger partial charge in [-0.2, -0.15) is 0 Å². The molecule has 2 N–H and O–H groups in total. The van der Waals surface area contributed by atoms with Gasteiger partial charge in [0, 0.05) is 18.5 Å². The second-order valence-corrected chi connectivity index (χ2v) is 6.34. The molecule has 27 heavy (non-hydrogen) atoms. The summed E-state index contributed by atoms with van der Waals surface area (Å²) < 4.78 is 29.9. The van der Waals surface area contributed by atoms with Crippen molar-refractivity contribution >= 4 is 6.47 Å². The van der Waals surface area contributed by atoms with Crippen LogP contribution in [0.4, 0.5) is 4.39 Å². The molecule has 0 bridgehead atoms. The average molecular weight is 375 g/mol. The maximum atomic E-state index is 13.2. The van der Waals surface area contributed by atoms with Gasteiger partial charge < -0.3 is 24.6 Å². The number of benzene rings is 2. The molecule has 1 saturated heterocycles. The fourth-order valence-electron chi connectivity index (χ4n) is 3.42. The van der Waals surface area contributed by atoms with Gasteiger partial charge in [0.15, 0.2) is 11.5 Å². The van der Waals surface area contributed by atoms with E-state index in [1.54, 1.807) is 0 Å². The third-order valence-corrected chi connectivity index (χ3v) is 4.71. The van der Waals surface area contributed by atoms with Gasteiger partial charge in [0.25, 0.3) is 6.47 Å². The smallest absolute Gasteiger partial charge is 0.290 e. The minimum absolute atomic E-state index is 0.194. The average Bonchev–Trinajstić information content (AvgIpc) is 3.16. The minimum Gasteiger partial charge on any atom is -0.493 e. The summed E-state index contributed by atoms with van der Waals surface area (Å²) in [5.41, 5.74) is 1.18. The number of hydrogen-bond donors (Lipinski definition) is 2. The number of rotatable bonds is 4. The van der Waals surface area contributed by atoms with Gasteiger partial charge in [-0.3, -0.25) is 4.79 Å². The van der Waals surface area contributed by atoms with Crippen molar-refractivity contribution < 1.29 is 28.5 Å². The first-order valence-corrected chi connectivity index (χ1v) is 8.77. The van der Waals surface area contributed by atoms with Crippen molar-refractivity contribution in [1.29, 1.82) is 0 Å². The number of piperidine rings is 1. The minimum atomic E-state index is -0.250. The van der Waals surface area contributed by atoms with E-state index >= 15 is 0 Å². The summed E-state index contributed by atoms with van der Waals surface area (Å²) in [5, 5.41) is 10.3. The van der Waals surface area contributed by atoms with Crippen molar-refractivity contribution in [3.63, 3.8) is 0 Å². The third-order valence-electron chi connectivity index (χ3n) is 4.71. The largest absolute Gasteiger partial charge is 0.493 e. The van der Waals surface area contributed by atoms with E-state index in [1.165, 1.54) is 17.7 Å². The Hall–Kier alpha value is -2.80. The van der Waals surface area contributed by atoms with E-state index in [9.17, 15) is 4.39 Å². The van der Waals surface area contributed by atoms with Crippen molar-refractivity contribution in [2.45, 2.75) is 12.3 Å². The van der Waals surface area contributed by atoms with E-state index < -0.39 is 0 Å². The summed E-state index contributed by atoms with van der Waals surface area (Å²) in [4.78, 5) is 8.36. The highest BCUT2D eigenvalue weighted by atomic mass is 19.1. The molecule has 0 aromatic heterocycles. The van der Waals surface area contributed by atoms with Crippen LogP contribution in [0.3, 0.4) is 0 Å². The summed E-state index contributed by atoms with van der Waals surface area (Å²) in [5.74, 6) is 2.79. The molecule has 6 nitrogen and oxygen atoms in total. The molecular weight excluding hydrogens is 353 g/mol. The zero-order valence-corrected chi connectivity index (χ0v) is 14.8. The number of carboxylic acid groups (broad SMARTS) is 1. The van der Waals surface area contributed by atoms with Crippen molar-refractivity contribution in [2.75, 3.05) is 26.5 Å². The van der Waals surface area contributed by atoms with Crippen LogP contribution >= 0.6 is 0 Å². The molecule has 0 aliphatic carbocycles. The Bertz CT molecular complexity index is 753. The van der Waals surface area contributed by atoms with Gasteiger partial charge in [-0.05, 0) is 48.7 Å². The van der Waals surface area contributed by atoms with Gasteiger partial charge in [0.2, 0.25) is 6.79 Å². The molecule has 0 spiro atoms.